The molecule has 1 saturated carbocycles. The number of halogens is 1. The molecule has 3 N–H and O–H groups in total. The number of hydrogen-bond acceptors (Lipinski definition) is 3. The zero-order valence-electron chi connectivity index (χ0n) is 8.94. The van der Waals surface area contributed by atoms with Crippen molar-refractivity contribution in [3.8, 4) is 0 Å². The molecule has 2 rings (SSSR count). The van der Waals surface area contributed by atoms with Crippen molar-refractivity contribution < 1.29 is 10.2 Å². The maximum Gasteiger partial charge on any atom is 0.0928 e. The first-order valence-corrected chi connectivity index (χ1v) is 5.88. The van der Waals surface area contributed by atoms with Gasteiger partial charge in [0.05, 0.1) is 12.2 Å². The zero-order valence-corrected chi connectivity index (χ0v) is 9.69. The minimum Gasteiger partial charge on any atom is -0.393 e. The average molecular weight is 242 g/mol. The number of benzene rings is 1. The minimum absolute atomic E-state index is 0.171. The van der Waals surface area contributed by atoms with Gasteiger partial charge in [-0.05, 0) is 18.9 Å². The maximum atomic E-state index is 9.93. The quantitative estimate of drug-likeness (QED) is 0.749. The molecule has 0 radical (unpaired) electrons. The summed E-state index contributed by atoms with van der Waals surface area (Å²) in [5, 5.41) is 22.8. The highest BCUT2D eigenvalue weighted by molar-refractivity contribution is 6.31. The lowest BCUT2D eigenvalue weighted by molar-refractivity contribution is 0.0551. The fourth-order valence-corrected chi connectivity index (χ4v) is 2.15. The highest BCUT2D eigenvalue weighted by Gasteiger charge is 2.27. The van der Waals surface area contributed by atoms with E-state index in [4.69, 9.17) is 16.7 Å². The molecule has 1 aliphatic rings. The predicted molar refractivity (Wildman–Crippen MR) is 63.4 cm³/mol. The van der Waals surface area contributed by atoms with Crippen LogP contribution >= 0.6 is 11.6 Å². The molecule has 1 aromatic rings. The minimum atomic E-state index is -0.591. The Hall–Kier alpha value is -0.610. The van der Waals surface area contributed by atoms with Gasteiger partial charge in [-0.15, -0.1) is 0 Å². The molecule has 1 atom stereocenters. The molecule has 1 fully saturated rings. The smallest absolute Gasteiger partial charge is 0.0928 e. The molecule has 1 aromatic carbocycles. The van der Waals surface area contributed by atoms with Gasteiger partial charge in [-0.2, -0.15) is 0 Å². The van der Waals surface area contributed by atoms with Crippen LogP contribution in [0.3, 0.4) is 0 Å². The molecule has 3 nitrogen and oxygen atoms in total. The number of rotatable bonds is 4. The van der Waals surface area contributed by atoms with E-state index < -0.39 is 6.10 Å². The van der Waals surface area contributed by atoms with E-state index in [1.165, 1.54) is 0 Å². The fraction of sp³-hybridized carbons (Fsp3) is 0.500. The summed E-state index contributed by atoms with van der Waals surface area (Å²) in [5.74, 6) is 0. The highest BCUT2D eigenvalue weighted by atomic mass is 35.5. The van der Waals surface area contributed by atoms with Gasteiger partial charge in [-0.25, -0.2) is 0 Å². The van der Waals surface area contributed by atoms with Crippen LogP contribution in [0.15, 0.2) is 24.3 Å². The first-order chi connectivity index (χ1) is 7.66. The average Bonchev–Trinajstić information content (AvgIpc) is 2.23. The third kappa shape index (κ3) is 2.74. The first kappa shape index (κ1) is 11.9. The van der Waals surface area contributed by atoms with Gasteiger partial charge in [0.15, 0.2) is 0 Å². The van der Waals surface area contributed by atoms with Crippen LogP contribution in [0.1, 0.15) is 24.5 Å². The standard InChI is InChI=1S/C12H16ClNO2/c13-11-4-2-1-3-10(11)12(16)7-14-8-5-9(15)6-8/h1-4,8-9,12,14-16H,5-7H2. The Morgan fingerprint density at radius 3 is 2.69 bits per heavy atom. The second kappa shape index (κ2) is 5.15. The van der Waals surface area contributed by atoms with Crippen molar-refractivity contribution in [3.63, 3.8) is 0 Å². The fourth-order valence-electron chi connectivity index (χ4n) is 1.89. The summed E-state index contributed by atoms with van der Waals surface area (Å²) in [6, 6.07) is 7.62. The predicted octanol–water partition coefficient (Wildman–Crippen LogP) is 1.49. The van der Waals surface area contributed by atoms with Crippen molar-refractivity contribution >= 4 is 11.6 Å². The van der Waals surface area contributed by atoms with Crippen LogP contribution < -0.4 is 5.32 Å². The Balaban J connectivity index is 1.84. The summed E-state index contributed by atoms with van der Waals surface area (Å²) < 4.78 is 0. The summed E-state index contributed by atoms with van der Waals surface area (Å²) in [5.41, 5.74) is 0.747. The summed E-state index contributed by atoms with van der Waals surface area (Å²) in [7, 11) is 0. The second-order valence-electron chi connectivity index (χ2n) is 4.27. The molecule has 0 amide bonds. The normalized spacial score (nSPS) is 26.2. The summed E-state index contributed by atoms with van der Waals surface area (Å²) in [4.78, 5) is 0. The third-order valence-corrected chi connectivity index (χ3v) is 3.32. The van der Waals surface area contributed by atoms with Crippen molar-refractivity contribution in [2.24, 2.45) is 0 Å². The van der Waals surface area contributed by atoms with E-state index in [2.05, 4.69) is 5.32 Å². The SMILES string of the molecule is OC1CC(NCC(O)c2ccccc2Cl)C1. The van der Waals surface area contributed by atoms with E-state index in [1.807, 2.05) is 18.2 Å². The van der Waals surface area contributed by atoms with Crippen LogP contribution in [-0.4, -0.2) is 28.9 Å². The van der Waals surface area contributed by atoms with Crippen LogP contribution in [0, 0.1) is 0 Å². The van der Waals surface area contributed by atoms with Gasteiger partial charge in [-0.3, -0.25) is 0 Å². The lowest BCUT2D eigenvalue weighted by Gasteiger charge is -2.32. The molecule has 1 unspecified atom stereocenters. The third-order valence-electron chi connectivity index (χ3n) is 2.98. The van der Waals surface area contributed by atoms with Gasteiger partial charge < -0.3 is 15.5 Å². The Morgan fingerprint density at radius 1 is 1.38 bits per heavy atom. The Bertz CT molecular complexity index is 353. The van der Waals surface area contributed by atoms with Crippen LogP contribution in [0.5, 0.6) is 0 Å². The van der Waals surface area contributed by atoms with E-state index in [9.17, 15) is 5.11 Å². The molecular formula is C12H16ClNO2. The molecule has 16 heavy (non-hydrogen) atoms. The molecule has 1 aliphatic carbocycles. The summed E-state index contributed by atoms with van der Waals surface area (Å²) in [6.07, 6.45) is 0.784. The Morgan fingerprint density at radius 2 is 2.06 bits per heavy atom. The largest absolute Gasteiger partial charge is 0.393 e. The molecule has 0 aliphatic heterocycles. The van der Waals surface area contributed by atoms with Crippen molar-refractivity contribution in [2.75, 3.05) is 6.54 Å². The molecule has 0 saturated heterocycles. The monoisotopic (exact) mass is 241 g/mol. The molecule has 4 heteroatoms. The van der Waals surface area contributed by atoms with E-state index in [-0.39, 0.29) is 6.10 Å². The van der Waals surface area contributed by atoms with Gasteiger partial charge in [0, 0.05) is 23.2 Å². The van der Waals surface area contributed by atoms with Crippen LogP contribution in [0.25, 0.3) is 0 Å². The highest BCUT2D eigenvalue weighted by Crippen LogP contribution is 2.24. The van der Waals surface area contributed by atoms with E-state index >= 15 is 0 Å². The lowest BCUT2D eigenvalue weighted by atomic mass is 9.89. The van der Waals surface area contributed by atoms with E-state index in [0.29, 0.717) is 17.6 Å². The van der Waals surface area contributed by atoms with Gasteiger partial charge in [0.25, 0.3) is 0 Å². The summed E-state index contributed by atoms with van der Waals surface area (Å²) in [6.45, 7) is 0.473. The van der Waals surface area contributed by atoms with Crippen molar-refractivity contribution in [3.05, 3.63) is 34.9 Å². The topological polar surface area (TPSA) is 52.5 Å². The van der Waals surface area contributed by atoms with E-state index in [1.54, 1.807) is 6.07 Å². The van der Waals surface area contributed by atoms with Crippen molar-refractivity contribution in [1.82, 2.24) is 5.32 Å². The molecule has 88 valence electrons. The summed E-state index contributed by atoms with van der Waals surface area (Å²) >= 11 is 5.98. The van der Waals surface area contributed by atoms with Crippen molar-refractivity contribution in [2.45, 2.75) is 31.1 Å². The van der Waals surface area contributed by atoms with Gasteiger partial charge >= 0.3 is 0 Å². The Labute approximate surface area is 100 Å². The molecule has 0 heterocycles. The number of aliphatic hydroxyl groups excluding tert-OH is 2. The zero-order chi connectivity index (χ0) is 11.5. The van der Waals surface area contributed by atoms with Crippen molar-refractivity contribution in [1.29, 1.82) is 0 Å². The number of nitrogens with one attached hydrogen (secondary N) is 1. The molecule has 0 spiro atoms. The van der Waals surface area contributed by atoms with Gasteiger partial charge in [0.1, 0.15) is 0 Å². The lowest BCUT2D eigenvalue weighted by Crippen LogP contribution is -2.45. The molecular weight excluding hydrogens is 226 g/mol. The number of hydrogen-bond donors (Lipinski definition) is 3. The maximum absolute atomic E-state index is 9.93. The van der Waals surface area contributed by atoms with Gasteiger partial charge in [-0.1, -0.05) is 29.8 Å². The molecule has 0 bridgehead atoms. The van der Waals surface area contributed by atoms with Crippen LogP contribution in [0.2, 0.25) is 5.02 Å². The van der Waals surface area contributed by atoms with Crippen LogP contribution in [-0.2, 0) is 0 Å². The van der Waals surface area contributed by atoms with E-state index in [0.717, 1.165) is 18.4 Å². The Kier molecular flexibility index (Phi) is 3.82. The first-order valence-electron chi connectivity index (χ1n) is 5.50. The number of aliphatic hydroxyl groups is 2. The molecule has 0 aromatic heterocycles. The van der Waals surface area contributed by atoms with Crippen LogP contribution in [0.4, 0.5) is 0 Å². The van der Waals surface area contributed by atoms with Gasteiger partial charge in [0.2, 0.25) is 0 Å². The second-order valence-corrected chi connectivity index (χ2v) is 4.67.